The van der Waals surface area contributed by atoms with Gasteiger partial charge in [-0.3, -0.25) is 9.98 Å². The minimum atomic E-state index is 0.604. The van der Waals surface area contributed by atoms with Crippen LogP contribution in [0.2, 0.25) is 0 Å². The Labute approximate surface area is 365 Å². The van der Waals surface area contributed by atoms with Crippen molar-refractivity contribution in [1.82, 2.24) is 0 Å². The second-order valence-corrected chi connectivity index (χ2v) is 15.5. The number of hydrogen-bond donors (Lipinski definition) is 2. The fraction of sp³-hybridized carbons (Fsp3) is 0.164. The van der Waals surface area contributed by atoms with E-state index in [1.54, 1.807) is 21.3 Å². The maximum atomic E-state index is 5.45. The van der Waals surface area contributed by atoms with Crippen LogP contribution in [-0.4, -0.2) is 45.8 Å². The molecule has 0 atom stereocenters. The third kappa shape index (κ3) is 9.33. The maximum absolute atomic E-state index is 5.45. The van der Waals surface area contributed by atoms with E-state index in [0.717, 1.165) is 96.8 Å². The number of hydrogen-bond acceptors (Lipinski definition) is 7. The van der Waals surface area contributed by atoms with Crippen LogP contribution in [0.3, 0.4) is 0 Å². The number of methoxy groups -OCH3 is 3. The lowest BCUT2D eigenvalue weighted by molar-refractivity contribution is 0.414. The van der Waals surface area contributed by atoms with Gasteiger partial charge in [0.15, 0.2) is 0 Å². The second-order valence-electron chi connectivity index (χ2n) is 15.5. The molecule has 0 fully saturated rings. The van der Waals surface area contributed by atoms with Gasteiger partial charge in [-0.15, -0.1) is 0 Å². The van der Waals surface area contributed by atoms with Crippen molar-refractivity contribution in [2.45, 2.75) is 26.2 Å². The van der Waals surface area contributed by atoms with Crippen LogP contribution in [-0.2, 0) is 6.42 Å². The number of allylic oxidation sites excluding steroid dienone is 4. The molecule has 6 aromatic rings. The average molecular weight is 817 g/mol. The van der Waals surface area contributed by atoms with E-state index in [1.165, 1.54) is 22.3 Å². The molecule has 2 aliphatic heterocycles. The summed E-state index contributed by atoms with van der Waals surface area (Å²) in [5.41, 5.74) is 18.5. The van der Waals surface area contributed by atoms with E-state index in [4.69, 9.17) is 24.2 Å². The van der Waals surface area contributed by atoms with E-state index >= 15 is 0 Å². The van der Waals surface area contributed by atoms with Gasteiger partial charge in [0, 0.05) is 57.9 Å². The Morgan fingerprint density at radius 3 is 1.11 bits per heavy atom. The summed E-state index contributed by atoms with van der Waals surface area (Å²) in [6.45, 7) is 12.3. The average Bonchev–Trinajstić information content (AvgIpc) is 3.93. The highest BCUT2D eigenvalue weighted by molar-refractivity contribution is 6.34. The summed E-state index contributed by atoms with van der Waals surface area (Å²) in [6, 6.07) is 50.2. The Morgan fingerprint density at radius 1 is 0.452 bits per heavy atom. The van der Waals surface area contributed by atoms with Gasteiger partial charge >= 0.3 is 0 Å². The molecule has 8 rings (SSSR count). The monoisotopic (exact) mass is 816 g/mol. The molecular weight excluding hydrogens is 765 g/mol. The molecule has 0 radical (unpaired) electrons. The van der Waals surface area contributed by atoms with E-state index in [1.807, 2.05) is 36.4 Å². The van der Waals surface area contributed by atoms with Crippen molar-refractivity contribution in [1.29, 1.82) is 0 Å². The summed E-state index contributed by atoms with van der Waals surface area (Å²) in [4.78, 5) is 10.1. The molecule has 0 aromatic heterocycles. The quantitative estimate of drug-likeness (QED) is 0.0959. The lowest BCUT2D eigenvalue weighted by Crippen LogP contribution is -2.05. The predicted octanol–water partition coefficient (Wildman–Crippen LogP) is 12.5. The first kappa shape index (κ1) is 41.4. The molecule has 310 valence electrons. The van der Waals surface area contributed by atoms with E-state index in [2.05, 4.69) is 140 Å². The van der Waals surface area contributed by atoms with Crippen molar-refractivity contribution in [3.8, 4) is 28.4 Å². The first-order valence-electron chi connectivity index (χ1n) is 21.0. The highest BCUT2D eigenvalue weighted by atomic mass is 16.5. The minimum absolute atomic E-state index is 0.604. The first-order valence-corrected chi connectivity index (χ1v) is 21.0. The molecule has 2 heterocycles. The Bertz CT molecular complexity index is 2500. The maximum Gasteiger partial charge on any atom is 0.118 e. The van der Waals surface area contributed by atoms with Crippen LogP contribution in [0.25, 0.3) is 22.3 Å². The lowest BCUT2D eigenvalue weighted by atomic mass is 9.91. The topological polar surface area (TPSA) is 76.5 Å². The molecule has 0 amide bonds. The smallest absolute Gasteiger partial charge is 0.118 e. The zero-order valence-electron chi connectivity index (χ0n) is 35.9. The van der Waals surface area contributed by atoms with Gasteiger partial charge in [0.2, 0.25) is 0 Å². The zero-order chi connectivity index (χ0) is 43.0. The molecule has 0 bridgehead atoms. The molecule has 6 aromatic carbocycles. The van der Waals surface area contributed by atoms with Gasteiger partial charge in [-0.2, -0.15) is 0 Å². The molecule has 0 unspecified atom stereocenters. The molecule has 62 heavy (non-hydrogen) atoms. The summed E-state index contributed by atoms with van der Waals surface area (Å²) < 4.78 is 16.3. The van der Waals surface area contributed by atoms with Crippen molar-refractivity contribution in [3.05, 3.63) is 209 Å². The molecular formula is C55H52N4O3. The largest absolute Gasteiger partial charge is 0.497 e. The molecule has 2 N–H and O–H groups in total. The van der Waals surface area contributed by atoms with Crippen LogP contribution >= 0.6 is 0 Å². The summed E-state index contributed by atoms with van der Waals surface area (Å²) in [5.74, 6) is 2.46. The highest BCUT2D eigenvalue weighted by Gasteiger charge is 2.25. The minimum Gasteiger partial charge on any atom is -0.497 e. The molecule has 7 nitrogen and oxygen atoms in total. The van der Waals surface area contributed by atoms with Crippen LogP contribution in [0, 0.1) is 0 Å². The summed E-state index contributed by atoms with van der Waals surface area (Å²) in [7, 11) is 5.05. The van der Waals surface area contributed by atoms with Gasteiger partial charge in [-0.25, -0.2) is 0 Å². The van der Waals surface area contributed by atoms with Crippen LogP contribution in [0.1, 0.15) is 47.6 Å². The van der Waals surface area contributed by atoms with Crippen LogP contribution in [0.15, 0.2) is 191 Å². The standard InChI is InChI=1S/C55H52N4O3/c1-7-38-8-10-43(11-9-38)54-52(41-16-26-49(60-4)27-17-41)45(34-56-54)32-36(2)58-47-22-12-39(13-23-47)40-14-24-48(25-15-40)59-37(3)33-46-35-57-55(44-20-30-51(62-6)31-21-44)53(46)42-18-28-50(61-5)29-19-42/h8-31,58-59H,2-3,7,32-35H2,1,4-6H3. The number of aliphatic imine (C=N–C) groups is 2. The van der Waals surface area contributed by atoms with E-state index in [9.17, 15) is 0 Å². The normalized spacial score (nSPS) is 13.4. The Morgan fingerprint density at radius 2 is 0.774 bits per heavy atom. The number of benzene rings is 6. The van der Waals surface area contributed by atoms with Gasteiger partial charge < -0.3 is 24.8 Å². The highest BCUT2D eigenvalue weighted by Crippen LogP contribution is 2.36. The second kappa shape index (κ2) is 18.9. The van der Waals surface area contributed by atoms with E-state index in [0.29, 0.717) is 25.9 Å². The fourth-order valence-electron chi connectivity index (χ4n) is 8.11. The summed E-state index contributed by atoms with van der Waals surface area (Å²) in [6.07, 6.45) is 2.34. The number of ether oxygens (including phenoxy) is 3. The Balaban J connectivity index is 0.918. The fourth-order valence-corrected chi connectivity index (χ4v) is 8.11. The third-order valence-corrected chi connectivity index (χ3v) is 11.4. The van der Waals surface area contributed by atoms with Crippen molar-refractivity contribution < 1.29 is 14.2 Å². The summed E-state index contributed by atoms with van der Waals surface area (Å²) in [5, 5.41) is 7.11. The van der Waals surface area contributed by atoms with Crippen molar-refractivity contribution in [2.75, 3.05) is 45.1 Å². The predicted molar refractivity (Wildman–Crippen MR) is 258 cm³/mol. The van der Waals surface area contributed by atoms with Crippen molar-refractivity contribution >= 4 is 33.9 Å². The van der Waals surface area contributed by atoms with Gasteiger partial charge in [0.05, 0.1) is 45.8 Å². The number of nitrogens with zero attached hydrogens (tertiary/aromatic N) is 2. The lowest BCUT2D eigenvalue weighted by Gasteiger charge is -2.15. The Hall–Kier alpha value is -7.38. The molecule has 0 spiro atoms. The van der Waals surface area contributed by atoms with Crippen molar-refractivity contribution in [3.63, 3.8) is 0 Å². The molecule has 0 saturated carbocycles. The van der Waals surface area contributed by atoms with Crippen LogP contribution in [0.5, 0.6) is 17.2 Å². The van der Waals surface area contributed by atoms with Crippen molar-refractivity contribution in [2.24, 2.45) is 9.98 Å². The number of rotatable bonds is 17. The van der Waals surface area contributed by atoms with Crippen LogP contribution in [0.4, 0.5) is 11.4 Å². The summed E-state index contributed by atoms with van der Waals surface area (Å²) >= 11 is 0. The SMILES string of the molecule is C=C(CC1=C(c2ccc(OC)cc2)C(c2ccc(CC)cc2)=NC1)Nc1ccc(-c2ccc(NC(=C)CC3=C(c4ccc(OC)cc4)C(c4ccc(OC)cc4)=NC3)cc2)cc1. The number of anilines is 2. The number of aryl methyl sites for hydroxylation is 1. The first-order chi connectivity index (χ1) is 30.3. The van der Waals surface area contributed by atoms with E-state index in [-0.39, 0.29) is 0 Å². The zero-order valence-corrected chi connectivity index (χ0v) is 35.9. The van der Waals surface area contributed by atoms with E-state index < -0.39 is 0 Å². The molecule has 2 aliphatic rings. The molecule has 7 heteroatoms. The van der Waals surface area contributed by atoms with Gasteiger partial charge in [0.1, 0.15) is 17.2 Å². The molecule has 0 aliphatic carbocycles. The van der Waals surface area contributed by atoms with Gasteiger partial charge in [0.25, 0.3) is 0 Å². The van der Waals surface area contributed by atoms with Crippen LogP contribution < -0.4 is 24.8 Å². The third-order valence-electron chi connectivity index (χ3n) is 11.4. The Kier molecular flexibility index (Phi) is 12.6. The van der Waals surface area contributed by atoms with Gasteiger partial charge in [-0.05, 0) is 118 Å². The molecule has 0 saturated heterocycles. The number of nitrogens with one attached hydrogen (secondary N) is 2. The van der Waals surface area contributed by atoms with Gasteiger partial charge in [-0.1, -0.05) is 92.9 Å².